The van der Waals surface area contributed by atoms with Crippen LogP contribution in [0.4, 0.5) is 0 Å². The van der Waals surface area contributed by atoms with Gasteiger partial charge in [0, 0.05) is 5.57 Å². The van der Waals surface area contributed by atoms with Crippen LogP contribution in [0, 0.1) is 11.3 Å². The highest BCUT2D eigenvalue weighted by Gasteiger charge is 2.36. The fourth-order valence-corrected chi connectivity index (χ4v) is 3.23. The SMILES string of the molecule is N#Cc1ccc(C2=C(c3ccccc3)C(=O)OC2c2ccccc2)cc1. The average molecular weight is 337 g/mol. The van der Waals surface area contributed by atoms with E-state index < -0.39 is 6.10 Å². The number of carbonyl (C=O) groups excluding carboxylic acids is 1. The molecule has 1 heterocycles. The van der Waals surface area contributed by atoms with Crippen molar-refractivity contribution in [1.82, 2.24) is 0 Å². The summed E-state index contributed by atoms with van der Waals surface area (Å²) >= 11 is 0. The number of esters is 1. The van der Waals surface area contributed by atoms with Crippen LogP contribution < -0.4 is 0 Å². The molecular formula is C23H15NO2. The lowest BCUT2D eigenvalue weighted by molar-refractivity contribution is -0.137. The van der Waals surface area contributed by atoms with E-state index in [1.54, 1.807) is 12.1 Å². The first-order valence-corrected chi connectivity index (χ1v) is 8.34. The maximum atomic E-state index is 12.7. The number of hydrogen-bond donors (Lipinski definition) is 0. The Morgan fingerprint density at radius 3 is 2.00 bits per heavy atom. The van der Waals surface area contributed by atoms with Gasteiger partial charge in [-0.3, -0.25) is 0 Å². The second-order valence-corrected chi connectivity index (χ2v) is 6.04. The number of cyclic esters (lactones) is 1. The van der Waals surface area contributed by atoms with Crippen LogP contribution in [-0.4, -0.2) is 5.97 Å². The molecule has 124 valence electrons. The molecule has 26 heavy (non-hydrogen) atoms. The van der Waals surface area contributed by atoms with E-state index in [0.717, 1.165) is 22.3 Å². The lowest BCUT2D eigenvalue weighted by Crippen LogP contribution is -2.03. The van der Waals surface area contributed by atoms with Gasteiger partial charge in [-0.15, -0.1) is 0 Å². The molecule has 0 spiro atoms. The van der Waals surface area contributed by atoms with E-state index in [-0.39, 0.29) is 5.97 Å². The van der Waals surface area contributed by atoms with Crippen molar-refractivity contribution in [2.75, 3.05) is 0 Å². The van der Waals surface area contributed by atoms with Gasteiger partial charge in [0.1, 0.15) is 0 Å². The molecule has 0 aliphatic carbocycles. The molecule has 1 unspecified atom stereocenters. The summed E-state index contributed by atoms with van der Waals surface area (Å²) in [5.41, 5.74) is 4.61. The summed E-state index contributed by atoms with van der Waals surface area (Å²) in [6, 6.07) is 28.6. The van der Waals surface area contributed by atoms with Crippen LogP contribution in [0.25, 0.3) is 11.1 Å². The number of rotatable bonds is 3. The summed E-state index contributed by atoms with van der Waals surface area (Å²) in [6.07, 6.45) is -0.466. The van der Waals surface area contributed by atoms with Gasteiger partial charge in [-0.1, -0.05) is 72.8 Å². The predicted molar refractivity (Wildman–Crippen MR) is 99.7 cm³/mol. The molecular weight excluding hydrogens is 322 g/mol. The van der Waals surface area contributed by atoms with Crippen LogP contribution in [-0.2, 0) is 9.53 Å². The van der Waals surface area contributed by atoms with Gasteiger partial charge in [0.05, 0.1) is 17.2 Å². The molecule has 3 heteroatoms. The monoisotopic (exact) mass is 337 g/mol. The van der Waals surface area contributed by atoms with E-state index in [1.807, 2.05) is 72.8 Å². The smallest absolute Gasteiger partial charge is 0.340 e. The zero-order valence-corrected chi connectivity index (χ0v) is 13.9. The molecule has 0 saturated heterocycles. The van der Waals surface area contributed by atoms with Gasteiger partial charge in [-0.05, 0) is 28.8 Å². The Morgan fingerprint density at radius 2 is 1.38 bits per heavy atom. The molecule has 1 aliphatic heterocycles. The van der Waals surface area contributed by atoms with Crippen molar-refractivity contribution in [3.63, 3.8) is 0 Å². The van der Waals surface area contributed by atoms with Gasteiger partial charge in [-0.25, -0.2) is 4.79 Å². The number of ether oxygens (including phenoxy) is 1. The second-order valence-electron chi connectivity index (χ2n) is 6.04. The molecule has 0 fully saturated rings. The van der Waals surface area contributed by atoms with Crippen molar-refractivity contribution in [3.8, 4) is 6.07 Å². The number of nitrogens with zero attached hydrogens (tertiary/aromatic N) is 1. The molecule has 4 rings (SSSR count). The average Bonchev–Trinajstić information content (AvgIpc) is 3.06. The molecule has 3 aromatic rings. The van der Waals surface area contributed by atoms with Gasteiger partial charge in [0.25, 0.3) is 0 Å². The van der Waals surface area contributed by atoms with Crippen LogP contribution in [0.3, 0.4) is 0 Å². The van der Waals surface area contributed by atoms with E-state index in [0.29, 0.717) is 11.1 Å². The first-order chi connectivity index (χ1) is 12.8. The topological polar surface area (TPSA) is 50.1 Å². The summed E-state index contributed by atoms with van der Waals surface area (Å²) in [7, 11) is 0. The Hall–Kier alpha value is -3.64. The summed E-state index contributed by atoms with van der Waals surface area (Å²) in [5, 5.41) is 9.06. The van der Waals surface area contributed by atoms with Gasteiger partial charge >= 0.3 is 5.97 Å². The van der Waals surface area contributed by atoms with Crippen molar-refractivity contribution >= 4 is 17.1 Å². The highest BCUT2D eigenvalue weighted by Crippen LogP contribution is 2.45. The van der Waals surface area contributed by atoms with Crippen molar-refractivity contribution in [1.29, 1.82) is 5.26 Å². The third kappa shape index (κ3) is 2.78. The van der Waals surface area contributed by atoms with E-state index in [2.05, 4.69) is 6.07 Å². The minimum Gasteiger partial charge on any atom is -0.449 e. The Labute approximate surface area is 151 Å². The maximum absolute atomic E-state index is 12.7. The third-order valence-corrected chi connectivity index (χ3v) is 4.45. The Kier molecular flexibility index (Phi) is 4.09. The lowest BCUT2D eigenvalue weighted by Gasteiger charge is -2.15. The van der Waals surface area contributed by atoms with Crippen LogP contribution >= 0.6 is 0 Å². The maximum Gasteiger partial charge on any atom is 0.340 e. The zero-order chi connectivity index (χ0) is 17.9. The molecule has 0 N–H and O–H groups in total. The van der Waals surface area contributed by atoms with E-state index in [1.165, 1.54) is 0 Å². The largest absolute Gasteiger partial charge is 0.449 e. The van der Waals surface area contributed by atoms with E-state index >= 15 is 0 Å². The van der Waals surface area contributed by atoms with Crippen LogP contribution in [0.2, 0.25) is 0 Å². The van der Waals surface area contributed by atoms with Gasteiger partial charge in [-0.2, -0.15) is 5.26 Å². The standard InChI is InChI=1S/C23H15NO2/c24-15-16-11-13-18(14-12-16)20-21(17-7-3-1-4-8-17)23(25)26-22(20)19-9-5-2-6-10-19/h1-14,22H. The summed E-state index contributed by atoms with van der Waals surface area (Å²) in [6.45, 7) is 0. The van der Waals surface area contributed by atoms with Crippen molar-refractivity contribution in [2.24, 2.45) is 0 Å². The first-order valence-electron chi connectivity index (χ1n) is 8.34. The Balaban J connectivity index is 1.93. The highest BCUT2D eigenvalue weighted by atomic mass is 16.5. The van der Waals surface area contributed by atoms with Crippen molar-refractivity contribution in [3.05, 3.63) is 107 Å². The third-order valence-electron chi connectivity index (χ3n) is 4.45. The fourth-order valence-electron chi connectivity index (χ4n) is 3.23. The van der Waals surface area contributed by atoms with Gasteiger partial charge in [0.15, 0.2) is 6.10 Å². The molecule has 0 amide bonds. The van der Waals surface area contributed by atoms with Crippen molar-refractivity contribution < 1.29 is 9.53 Å². The first kappa shape index (κ1) is 15.9. The normalized spacial score (nSPS) is 16.3. The van der Waals surface area contributed by atoms with E-state index in [4.69, 9.17) is 10.00 Å². The molecule has 3 aromatic carbocycles. The number of benzene rings is 3. The van der Waals surface area contributed by atoms with Crippen molar-refractivity contribution in [2.45, 2.75) is 6.10 Å². The molecule has 0 bridgehead atoms. The minimum absolute atomic E-state index is 0.329. The molecule has 1 atom stereocenters. The molecule has 0 aromatic heterocycles. The summed E-state index contributed by atoms with van der Waals surface area (Å²) in [4.78, 5) is 12.7. The predicted octanol–water partition coefficient (Wildman–Crippen LogP) is 4.77. The molecule has 3 nitrogen and oxygen atoms in total. The Morgan fingerprint density at radius 1 is 0.769 bits per heavy atom. The van der Waals surface area contributed by atoms with E-state index in [9.17, 15) is 4.79 Å². The molecule has 1 aliphatic rings. The highest BCUT2D eigenvalue weighted by molar-refractivity contribution is 6.28. The summed E-state index contributed by atoms with van der Waals surface area (Å²) in [5.74, 6) is -0.329. The van der Waals surface area contributed by atoms with Crippen LogP contribution in [0.1, 0.15) is 28.4 Å². The zero-order valence-electron chi connectivity index (χ0n) is 13.9. The lowest BCUT2D eigenvalue weighted by atomic mass is 9.90. The number of hydrogen-bond acceptors (Lipinski definition) is 3. The molecule has 0 radical (unpaired) electrons. The van der Waals surface area contributed by atoms with Gasteiger partial charge in [0.2, 0.25) is 0 Å². The summed E-state index contributed by atoms with van der Waals surface area (Å²) < 4.78 is 5.76. The fraction of sp³-hybridized carbons (Fsp3) is 0.0435. The van der Waals surface area contributed by atoms with Crippen LogP contribution in [0.5, 0.6) is 0 Å². The molecule has 0 saturated carbocycles. The Bertz CT molecular complexity index is 1010. The quantitative estimate of drug-likeness (QED) is 0.647. The second kappa shape index (κ2) is 6.70. The number of nitriles is 1. The minimum atomic E-state index is -0.466. The number of carbonyl (C=O) groups is 1. The van der Waals surface area contributed by atoms with Gasteiger partial charge < -0.3 is 4.74 Å². The van der Waals surface area contributed by atoms with Crippen LogP contribution in [0.15, 0.2) is 84.9 Å².